The maximum Gasteiger partial charge on any atom is 0.306 e. The van der Waals surface area contributed by atoms with E-state index < -0.39 is 5.97 Å². The number of rotatable bonds is 2. The highest BCUT2D eigenvalue weighted by Gasteiger charge is 2.37. The number of carboxylic acids is 1. The number of fused-ring (bicyclic) bond motifs is 1. The van der Waals surface area contributed by atoms with Gasteiger partial charge >= 0.3 is 5.97 Å². The van der Waals surface area contributed by atoms with Crippen molar-refractivity contribution in [2.75, 3.05) is 0 Å². The van der Waals surface area contributed by atoms with Crippen molar-refractivity contribution >= 4 is 5.97 Å². The molecule has 4 atom stereocenters. The molecule has 0 aromatic heterocycles. The molecular weight excluding hydrogens is 188 g/mol. The second-order valence-electron chi connectivity index (χ2n) is 5.46. The molecule has 0 aromatic rings. The third kappa shape index (κ3) is 2.35. The van der Waals surface area contributed by atoms with Crippen molar-refractivity contribution in [3.8, 4) is 0 Å². The standard InChI is InChI=1S/C13H22O2/c1-2-9-3-4-11-8-12(13(14)15)6-5-10(11)7-9/h9-12H,2-8H2,1H3,(H,14,15)/t9?,10-,11?,12-/m1/s1. The Kier molecular flexibility index (Phi) is 3.32. The highest BCUT2D eigenvalue weighted by atomic mass is 16.4. The molecule has 2 heteroatoms. The van der Waals surface area contributed by atoms with E-state index in [1.165, 1.54) is 25.7 Å². The lowest BCUT2D eigenvalue weighted by atomic mass is 9.64. The first-order valence-corrected chi connectivity index (χ1v) is 6.43. The fourth-order valence-corrected chi connectivity index (χ4v) is 3.58. The lowest BCUT2D eigenvalue weighted by Gasteiger charge is -2.41. The molecule has 2 fully saturated rings. The molecule has 0 aliphatic heterocycles. The molecule has 0 saturated heterocycles. The summed E-state index contributed by atoms with van der Waals surface area (Å²) in [7, 11) is 0. The summed E-state index contributed by atoms with van der Waals surface area (Å²) in [6, 6.07) is 0. The van der Waals surface area contributed by atoms with Gasteiger partial charge in [0.25, 0.3) is 0 Å². The van der Waals surface area contributed by atoms with Gasteiger partial charge in [-0.05, 0) is 49.9 Å². The molecule has 0 heterocycles. The first-order chi connectivity index (χ1) is 7.20. The third-order valence-electron chi connectivity index (χ3n) is 4.65. The molecule has 2 unspecified atom stereocenters. The van der Waals surface area contributed by atoms with Crippen LogP contribution in [0.1, 0.15) is 51.9 Å². The summed E-state index contributed by atoms with van der Waals surface area (Å²) in [6.07, 6.45) is 8.34. The molecule has 0 spiro atoms. The number of carbonyl (C=O) groups is 1. The summed E-state index contributed by atoms with van der Waals surface area (Å²) in [6.45, 7) is 2.29. The van der Waals surface area contributed by atoms with Crippen molar-refractivity contribution in [3.05, 3.63) is 0 Å². The van der Waals surface area contributed by atoms with Crippen molar-refractivity contribution < 1.29 is 9.90 Å². The van der Waals surface area contributed by atoms with Crippen LogP contribution in [0.2, 0.25) is 0 Å². The molecule has 2 rings (SSSR count). The fraction of sp³-hybridized carbons (Fsp3) is 0.923. The van der Waals surface area contributed by atoms with Gasteiger partial charge in [0.15, 0.2) is 0 Å². The van der Waals surface area contributed by atoms with Gasteiger partial charge in [0.2, 0.25) is 0 Å². The lowest BCUT2D eigenvalue weighted by molar-refractivity contribution is -0.144. The monoisotopic (exact) mass is 210 g/mol. The van der Waals surface area contributed by atoms with E-state index in [4.69, 9.17) is 5.11 Å². The van der Waals surface area contributed by atoms with Crippen molar-refractivity contribution in [1.29, 1.82) is 0 Å². The van der Waals surface area contributed by atoms with Crippen molar-refractivity contribution in [1.82, 2.24) is 0 Å². The lowest BCUT2D eigenvalue weighted by Crippen LogP contribution is -2.33. The predicted molar refractivity (Wildman–Crippen MR) is 59.6 cm³/mol. The van der Waals surface area contributed by atoms with E-state index in [-0.39, 0.29) is 5.92 Å². The van der Waals surface area contributed by atoms with Gasteiger partial charge in [0.05, 0.1) is 5.92 Å². The first kappa shape index (κ1) is 11.0. The summed E-state index contributed by atoms with van der Waals surface area (Å²) >= 11 is 0. The van der Waals surface area contributed by atoms with Crippen LogP contribution in [0.15, 0.2) is 0 Å². The SMILES string of the molecule is CCC1CCC2C[C@H](C(=O)O)CC[C@@H]2C1. The zero-order valence-electron chi connectivity index (χ0n) is 9.61. The van der Waals surface area contributed by atoms with Gasteiger partial charge in [0, 0.05) is 0 Å². The minimum atomic E-state index is -0.564. The van der Waals surface area contributed by atoms with Gasteiger partial charge in [-0.25, -0.2) is 0 Å². The predicted octanol–water partition coefficient (Wildman–Crippen LogP) is 3.31. The Morgan fingerprint density at radius 3 is 2.47 bits per heavy atom. The molecule has 0 aromatic carbocycles. The average Bonchev–Trinajstić information content (AvgIpc) is 2.27. The van der Waals surface area contributed by atoms with Gasteiger partial charge in [0.1, 0.15) is 0 Å². The van der Waals surface area contributed by atoms with E-state index in [9.17, 15) is 4.79 Å². The Morgan fingerprint density at radius 2 is 1.80 bits per heavy atom. The van der Waals surface area contributed by atoms with E-state index in [0.717, 1.165) is 37.0 Å². The van der Waals surface area contributed by atoms with E-state index in [1.54, 1.807) is 0 Å². The number of hydrogen-bond acceptors (Lipinski definition) is 1. The topological polar surface area (TPSA) is 37.3 Å². The third-order valence-corrected chi connectivity index (χ3v) is 4.65. The second kappa shape index (κ2) is 4.54. The summed E-state index contributed by atoms with van der Waals surface area (Å²) < 4.78 is 0. The summed E-state index contributed by atoms with van der Waals surface area (Å²) in [5.74, 6) is 1.89. The molecule has 2 saturated carbocycles. The van der Waals surface area contributed by atoms with Crippen molar-refractivity contribution in [3.63, 3.8) is 0 Å². The van der Waals surface area contributed by atoms with Crippen LogP contribution in [0.3, 0.4) is 0 Å². The van der Waals surface area contributed by atoms with Gasteiger partial charge < -0.3 is 5.11 Å². The van der Waals surface area contributed by atoms with E-state index in [0.29, 0.717) is 0 Å². The molecule has 2 aliphatic rings. The maximum atomic E-state index is 10.9. The highest BCUT2D eigenvalue weighted by molar-refractivity contribution is 5.70. The smallest absolute Gasteiger partial charge is 0.306 e. The molecule has 0 amide bonds. The number of aliphatic carboxylic acids is 1. The maximum absolute atomic E-state index is 10.9. The largest absolute Gasteiger partial charge is 0.481 e. The summed E-state index contributed by atoms with van der Waals surface area (Å²) in [4.78, 5) is 10.9. The molecule has 0 radical (unpaired) electrons. The Bertz CT molecular complexity index is 237. The summed E-state index contributed by atoms with van der Waals surface area (Å²) in [5, 5.41) is 9.03. The van der Waals surface area contributed by atoms with Gasteiger partial charge in [-0.15, -0.1) is 0 Å². The van der Waals surface area contributed by atoms with Crippen molar-refractivity contribution in [2.24, 2.45) is 23.7 Å². The Labute approximate surface area is 92.1 Å². The van der Waals surface area contributed by atoms with Gasteiger partial charge in [-0.2, -0.15) is 0 Å². The van der Waals surface area contributed by atoms with E-state index in [1.807, 2.05) is 0 Å². The normalized spacial score (nSPS) is 40.9. The van der Waals surface area contributed by atoms with Crippen LogP contribution in [-0.4, -0.2) is 11.1 Å². The first-order valence-electron chi connectivity index (χ1n) is 6.43. The minimum Gasteiger partial charge on any atom is -0.481 e. The van der Waals surface area contributed by atoms with E-state index >= 15 is 0 Å². The molecule has 2 aliphatic carbocycles. The van der Waals surface area contributed by atoms with E-state index in [2.05, 4.69) is 6.92 Å². The van der Waals surface area contributed by atoms with Crippen LogP contribution < -0.4 is 0 Å². The summed E-state index contributed by atoms with van der Waals surface area (Å²) in [5.41, 5.74) is 0. The van der Waals surface area contributed by atoms with Crippen LogP contribution in [0.4, 0.5) is 0 Å². The molecule has 2 nitrogen and oxygen atoms in total. The number of hydrogen-bond donors (Lipinski definition) is 1. The molecule has 0 bridgehead atoms. The highest BCUT2D eigenvalue weighted by Crippen LogP contribution is 2.45. The minimum absolute atomic E-state index is 0.0376. The van der Waals surface area contributed by atoms with Crippen LogP contribution in [0, 0.1) is 23.7 Å². The zero-order chi connectivity index (χ0) is 10.8. The van der Waals surface area contributed by atoms with Crippen LogP contribution in [-0.2, 0) is 4.79 Å². The molecule has 15 heavy (non-hydrogen) atoms. The quantitative estimate of drug-likeness (QED) is 0.759. The molecular formula is C13H22O2. The molecule has 86 valence electrons. The Balaban J connectivity index is 1.91. The second-order valence-corrected chi connectivity index (χ2v) is 5.46. The van der Waals surface area contributed by atoms with Gasteiger partial charge in [-0.3, -0.25) is 4.79 Å². The zero-order valence-corrected chi connectivity index (χ0v) is 9.61. The fourth-order valence-electron chi connectivity index (χ4n) is 3.58. The Hall–Kier alpha value is -0.530. The average molecular weight is 210 g/mol. The Morgan fingerprint density at radius 1 is 1.13 bits per heavy atom. The van der Waals surface area contributed by atoms with Gasteiger partial charge in [-0.1, -0.05) is 19.8 Å². The van der Waals surface area contributed by atoms with Crippen LogP contribution in [0.25, 0.3) is 0 Å². The number of carboxylic acid groups (broad SMARTS) is 1. The van der Waals surface area contributed by atoms with Crippen molar-refractivity contribution in [2.45, 2.75) is 51.9 Å². The van der Waals surface area contributed by atoms with Crippen LogP contribution in [0.5, 0.6) is 0 Å². The van der Waals surface area contributed by atoms with Crippen LogP contribution >= 0.6 is 0 Å². The molecule has 1 N–H and O–H groups in total.